The fraction of sp³-hybridized carbons (Fsp3) is 0.500. The maximum atomic E-state index is 12.5. The SMILES string of the molecule is FC(F)(F)C1CCOC(Oc2ccccc2)C1. The van der Waals surface area contributed by atoms with Gasteiger partial charge in [0, 0.05) is 6.42 Å². The minimum absolute atomic E-state index is 0.0121. The highest BCUT2D eigenvalue weighted by Gasteiger charge is 2.43. The van der Waals surface area contributed by atoms with Crippen LogP contribution in [0, 0.1) is 5.92 Å². The van der Waals surface area contributed by atoms with E-state index >= 15 is 0 Å². The molecule has 2 nitrogen and oxygen atoms in total. The van der Waals surface area contributed by atoms with Crippen molar-refractivity contribution in [3.05, 3.63) is 30.3 Å². The van der Waals surface area contributed by atoms with E-state index in [4.69, 9.17) is 9.47 Å². The smallest absolute Gasteiger partial charge is 0.392 e. The van der Waals surface area contributed by atoms with Gasteiger partial charge in [0.05, 0.1) is 12.5 Å². The number of halogens is 3. The van der Waals surface area contributed by atoms with Crippen molar-refractivity contribution < 1.29 is 22.6 Å². The second-order valence-electron chi connectivity index (χ2n) is 3.99. The van der Waals surface area contributed by atoms with E-state index in [0.717, 1.165) is 0 Å². The van der Waals surface area contributed by atoms with Gasteiger partial charge in [0.15, 0.2) is 6.29 Å². The number of ether oxygens (including phenoxy) is 2. The van der Waals surface area contributed by atoms with Crippen LogP contribution in [0.25, 0.3) is 0 Å². The number of hydrogen-bond acceptors (Lipinski definition) is 2. The summed E-state index contributed by atoms with van der Waals surface area (Å²) in [6.07, 6.45) is -5.10. The molecule has 1 aromatic carbocycles. The van der Waals surface area contributed by atoms with Crippen LogP contribution in [0.4, 0.5) is 13.2 Å². The van der Waals surface area contributed by atoms with Crippen LogP contribution in [-0.4, -0.2) is 19.1 Å². The zero-order valence-electron chi connectivity index (χ0n) is 9.11. The van der Waals surface area contributed by atoms with Gasteiger partial charge in [-0.3, -0.25) is 0 Å². The van der Waals surface area contributed by atoms with Gasteiger partial charge in [-0.05, 0) is 18.6 Å². The molecule has 0 spiro atoms. The number of benzene rings is 1. The summed E-state index contributed by atoms with van der Waals surface area (Å²) >= 11 is 0. The monoisotopic (exact) mass is 246 g/mol. The van der Waals surface area contributed by atoms with Crippen molar-refractivity contribution >= 4 is 0 Å². The molecule has 94 valence electrons. The Morgan fingerprint density at radius 2 is 1.88 bits per heavy atom. The Kier molecular flexibility index (Phi) is 3.57. The zero-order valence-corrected chi connectivity index (χ0v) is 9.11. The first-order chi connectivity index (χ1) is 8.05. The molecule has 1 aliphatic rings. The van der Waals surface area contributed by atoms with E-state index in [2.05, 4.69) is 0 Å². The third-order valence-electron chi connectivity index (χ3n) is 2.72. The van der Waals surface area contributed by atoms with Crippen LogP contribution in [-0.2, 0) is 4.74 Å². The predicted octanol–water partition coefficient (Wildman–Crippen LogP) is 3.38. The first-order valence-electron chi connectivity index (χ1n) is 5.46. The summed E-state index contributed by atoms with van der Waals surface area (Å²) in [6.45, 7) is 0.0850. The van der Waals surface area contributed by atoms with E-state index in [1.807, 2.05) is 6.07 Å². The highest BCUT2D eigenvalue weighted by atomic mass is 19.4. The van der Waals surface area contributed by atoms with Crippen LogP contribution in [0.15, 0.2) is 30.3 Å². The third-order valence-corrected chi connectivity index (χ3v) is 2.72. The van der Waals surface area contributed by atoms with E-state index < -0.39 is 18.4 Å². The predicted molar refractivity (Wildman–Crippen MR) is 55.6 cm³/mol. The van der Waals surface area contributed by atoms with Crippen LogP contribution >= 0.6 is 0 Å². The van der Waals surface area contributed by atoms with Crippen molar-refractivity contribution in [3.63, 3.8) is 0 Å². The lowest BCUT2D eigenvalue weighted by Gasteiger charge is -2.30. The fourth-order valence-electron chi connectivity index (χ4n) is 1.79. The molecular formula is C12H13F3O2. The lowest BCUT2D eigenvalue weighted by Crippen LogP contribution is -2.37. The molecule has 0 aromatic heterocycles. The van der Waals surface area contributed by atoms with Gasteiger partial charge >= 0.3 is 6.18 Å². The molecule has 1 aliphatic heterocycles. The van der Waals surface area contributed by atoms with Crippen molar-refractivity contribution in [2.45, 2.75) is 25.3 Å². The normalized spacial score (nSPS) is 25.6. The molecule has 1 saturated heterocycles. The van der Waals surface area contributed by atoms with E-state index in [1.54, 1.807) is 24.3 Å². The summed E-state index contributed by atoms with van der Waals surface area (Å²) in [7, 11) is 0. The standard InChI is InChI=1S/C12H13F3O2/c13-12(14,15)9-6-7-16-11(8-9)17-10-4-2-1-3-5-10/h1-5,9,11H,6-8H2. The van der Waals surface area contributed by atoms with E-state index in [-0.39, 0.29) is 19.4 Å². The van der Waals surface area contributed by atoms with Gasteiger partial charge in [0.2, 0.25) is 0 Å². The summed E-state index contributed by atoms with van der Waals surface area (Å²) in [5, 5.41) is 0. The van der Waals surface area contributed by atoms with Gasteiger partial charge in [-0.15, -0.1) is 0 Å². The summed E-state index contributed by atoms with van der Waals surface area (Å²) in [6, 6.07) is 8.73. The molecule has 17 heavy (non-hydrogen) atoms. The Bertz CT molecular complexity index is 351. The Morgan fingerprint density at radius 1 is 1.18 bits per heavy atom. The molecule has 2 atom stereocenters. The molecule has 0 bridgehead atoms. The molecule has 1 heterocycles. The molecule has 0 saturated carbocycles. The van der Waals surface area contributed by atoms with Crippen molar-refractivity contribution in [2.75, 3.05) is 6.61 Å². The second-order valence-corrected chi connectivity index (χ2v) is 3.99. The molecule has 1 aromatic rings. The first kappa shape index (κ1) is 12.2. The van der Waals surface area contributed by atoms with E-state index in [1.165, 1.54) is 0 Å². The highest BCUT2D eigenvalue weighted by Crippen LogP contribution is 2.36. The lowest BCUT2D eigenvalue weighted by molar-refractivity contribution is -0.223. The van der Waals surface area contributed by atoms with Crippen molar-refractivity contribution in [1.82, 2.24) is 0 Å². The Labute approximate surface area is 97.3 Å². The summed E-state index contributed by atoms with van der Waals surface area (Å²) in [5.74, 6) is -0.801. The molecule has 1 fully saturated rings. The van der Waals surface area contributed by atoms with Crippen molar-refractivity contribution in [1.29, 1.82) is 0 Å². The number of rotatable bonds is 2. The number of alkyl halides is 3. The largest absolute Gasteiger partial charge is 0.465 e. The van der Waals surface area contributed by atoms with E-state index in [9.17, 15) is 13.2 Å². The molecule has 0 N–H and O–H groups in total. The summed E-state index contributed by atoms with van der Waals surface area (Å²) in [5.41, 5.74) is 0. The van der Waals surface area contributed by atoms with E-state index in [0.29, 0.717) is 5.75 Å². The van der Waals surface area contributed by atoms with Crippen molar-refractivity contribution in [2.24, 2.45) is 5.92 Å². The minimum atomic E-state index is -4.16. The minimum Gasteiger partial charge on any atom is -0.465 e. The molecular weight excluding hydrogens is 233 g/mol. The lowest BCUT2D eigenvalue weighted by atomic mass is 9.99. The first-order valence-corrected chi connectivity index (χ1v) is 5.46. The van der Waals surface area contributed by atoms with Gasteiger partial charge in [-0.2, -0.15) is 13.2 Å². The Hall–Kier alpha value is -1.23. The van der Waals surface area contributed by atoms with Gasteiger partial charge in [-0.1, -0.05) is 18.2 Å². The van der Waals surface area contributed by atoms with Gasteiger partial charge in [-0.25, -0.2) is 0 Å². The number of para-hydroxylation sites is 1. The molecule has 2 unspecified atom stereocenters. The third kappa shape index (κ3) is 3.36. The van der Waals surface area contributed by atoms with Crippen LogP contribution in [0.3, 0.4) is 0 Å². The molecule has 0 amide bonds. The topological polar surface area (TPSA) is 18.5 Å². The van der Waals surface area contributed by atoms with Crippen LogP contribution in [0.1, 0.15) is 12.8 Å². The second kappa shape index (κ2) is 4.96. The molecule has 0 radical (unpaired) electrons. The summed E-state index contributed by atoms with van der Waals surface area (Å²) < 4.78 is 48.2. The molecule has 2 rings (SSSR count). The van der Waals surface area contributed by atoms with Gasteiger partial charge in [0.25, 0.3) is 0 Å². The highest BCUT2D eigenvalue weighted by molar-refractivity contribution is 5.21. The maximum Gasteiger partial charge on any atom is 0.392 e. The van der Waals surface area contributed by atoms with Crippen LogP contribution in [0.5, 0.6) is 5.75 Å². The Balaban J connectivity index is 1.94. The molecule has 0 aliphatic carbocycles. The van der Waals surface area contributed by atoms with Crippen LogP contribution in [0.2, 0.25) is 0 Å². The summed E-state index contributed by atoms with van der Waals surface area (Å²) in [4.78, 5) is 0. The average molecular weight is 246 g/mol. The van der Waals surface area contributed by atoms with Gasteiger partial charge < -0.3 is 9.47 Å². The van der Waals surface area contributed by atoms with Gasteiger partial charge in [0.1, 0.15) is 5.75 Å². The molecule has 5 heteroatoms. The quantitative estimate of drug-likeness (QED) is 0.796. The van der Waals surface area contributed by atoms with Crippen molar-refractivity contribution in [3.8, 4) is 5.75 Å². The fourth-order valence-corrected chi connectivity index (χ4v) is 1.79. The zero-order chi connectivity index (χ0) is 12.3. The Morgan fingerprint density at radius 3 is 2.53 bits per heavy atom. The average Bonchev–Trinajstić information content (AvgIpc) is 2.29. The maximum absolute atomic E-state index is 12.5. The van der Waals surface area contributed by atoms with Crippen LogP contribution < -0.4 is 4.74 Å². The number of hydrogen-bond donors (Lipinski definition) is 0.